The molecule has 15 heteroatoms. The highest BCUT2D eigenvalue weighted by Gasteiger charge is 2.58. The van der Waals surface area contributed by atoms with Crippen LogP contribution in [0.2, 0.25) is 0 Å². The molecule has 34 heavy (non-hydrogen) atoms. The van der Waals surface area contributed by atoms with Gasteiger partial charge in [-0.25, -0.2) is 0 Å². The van der Waals surface area contributed by atoms with Crippen LogP contribution in [-0.4, -0.2) is 156 Å². The molecule has 0 amide bonds. The van der Waals surface area contributed by atoms with E-state index in [1.54, 1.807) is 0 Å². The number of aliphatic hydroxyl groups excluding tert-OH is 10. The third-order valence-corrected chi connectivity index (χ3v) is 6.41. The van der Waals surface area contributed by atoms with E-state index >= 15 is 0 Å². The quantitative estimate of drug-likeness (QED) is 0.162. The summed E-state index contributed by atoms with van der Waals surface area (Å²) in [6, 6.07) is 0. The first-order valence-electron chi connectivity index (χ1n) is 10.8. The molecule has 15 atom stereocenters. The lowest BCUT2D eigenvalue weighted by molar-refractivity contribution is -0.436. The highest BCUT2D eigenvalue weighted by molar-refractivity contribution is 4.99. The van der Waals surface area contributed by atoms with Gasteiger partial charge in [0, 0.05) is 0 Å². The van der Waals surface area contributed by atoms with E-state index in [4.69, 9.17) is 23.7 Å². The molecule has 200 valence electrons. The van der Waals surface area contributed by atoms with Crippen molar-refractivity contribution in [1.82, 2.24) is 0 Å². The van der Waals surface area contributed by atoms with Gasteiger partial charge < -0.3 is 74.7 Å². The smallest absolute Gasteiger partial charge is 0.198 e. The normalized spacial score (nSPS) is 54.7. The Balaban J connectivity index is 1.88. The first kappa shape index (κ1) is 28.0. The van der Waals surface area contributed by atoms with Crippen LogP contribution in [0, 0.1) is 0 Å². The third kappa shape index (κ3) is 5.10. The van der Waals surface area contributed by atoms with Crippen molar-refractivity contribution in [3.63, 3.8) is 0 Å². The Morgan fingerprint density at radius 2 is 1.18 bits per heavy atom. The van der Waals surface area contributed by atoms with E-state index in [0.717, 1.165) is 0 Å². The molecule has 0 bridgehead atoms. The second kappa shape index (κ2) is 10.8. The van der Waals surface area contributed by atoms with E-state index in [-0.39, 0.29) is 0 Å². The van der Waals surface area contributed by atoms with Crippen LogP contribution in [0.25, 0.3) is 0 Å². The lowest BCUT2D eigenvalue weighted by Crippen LogP contribution is -2.70. The van der Waals surface area contributed by atoms with Gasteiger partial charge in [-0.05, 0) is 13.8 Å². The second-order valence-corrected chi connectivity index (χ2v) is 8.89. The summed E-state index contributed by atoms with van der Waals surface area (Å²) in [5, 5.41) is 101. The van der Waals surface area contributed by atoms with E-state index in [1.807, 2.05) is 0 Å². The minimum absolute atomic E-state index is 0.747. The molecule has 0 unspecified atom stereocenters. The maximum absolute atomic E-state index is 10.7. The first-order valence-corrected chi connectivity index (χ1v) is 10.8. The molecule has 3 rings (SSSR count). The molecule has 0 saturated carbocycles. The van der Waals surface area contributed by atoms with Gasteiger partial charge >= 0.3 is 0 Å². The summed E-state index contributed by atoms with van der Waals surface area (Å²) in [6.07, 6.45) is -22.6. The Kier molecular flexibility index (Phi) is 8.88. The summed E-state index contributed by atoms with van der Waals surface area (Å²) < 4.78 is 27.6. The Morgan fingerprint density at radius 3 is 1.76 bits per heavy atom. The predicted octanol–water partition coefficient (Wildman–Crippen LogP) is -6.16. The van der Waals surface area contributed by atoms with Crippen molar-refractivity contribution in [2.24, 2.45) is 0 Å². The van der Waals surface area contributed by atoms with E-state index in [2.05, 4.69) is 0 Å². The molecular formula is C19H34O15. The number of ether oxygens (including phenoxy) is 5. The van der Waals surface area contributed by atoms with Gasteiger partial charge in [-0.3, -0.25) is 0 Å². The van der Waals surface area contributed by atoms with Gasteiger partial charge in [0.15, 0.2) is 18.4 Å². The molecule has 0 aromatic carbocycles. The largest absolute Gasteiger partial charge is 0.394 e. The SMILES string of the molecule is C[C@@H]1O[C@@H](O[C@@H]2[C@@H](O)[C@H](O)[C@@H](CO)O[C@@]2(C)O[C@@H]2O[C@H](CO)[C@@H](O)[C@H](O)[C@H]2O)[C@H](O)[C@H](O)[C@H]1O. The summed E-state index contributed by atoms with van der Waals surface area (Å²) in [4.78, 5) is 0. The zero-order chi connectivity index (χ0) is 25.5. The van der Waals surface area contributed by atoms with Crippen molar-refractivity contribution in [2.75, 3.05) is 13.2 Å². The molecule has 10 N–H and O–H groups in total. The summed E-state index contributed by atoms with van der Waals surface area (Å²) in [5.41, 5.74) is 0. The first-order chi connectivity index (χ1) is 15.9. The highest BCUT2D eigenvalue weighted by Crippen LogP contribution is 2.38. The van der Waals surface area contributed by atoms with Crippen molar-refractivity contribution >= 4 is 0 Å². The molecule has 3 aliphatic heterocycles. The van der Waals surface area contributed by atoms with Crippen LogP contribution in [0.5, 0.6) is 0 Å². The maximum atomic E-state index is 10.7. The molecule has 0 aromatic rings. The van der Waals surface area contributed by atoms with Crippen molar-refractivity contribution in [1.29, 1.82) is 0 Å². The fourth-order valence-electron chi connectivity index (χ4n) is 4.26. The van der Waals surface area contributed by atoms with Crippen LogP contribution >= 0.6 is 0 Å². The van der Waals surface area contributed by atoms with Crippen LogP contribution in [0.3, 0.4) is 0 Å². The minimum atomic E-state index is -2.16. The lowest BCUT2D eigenvalue weighted by atomic mass is 9.92. The third-order valence-electron chi connectivity index (χ3n) is 6.41. The van der Waals surface area contributed by atoms with E-state index < -0.39 is 105 Å². The van der Waals surface area contributed by atoms with Gasteiger partial charge in [0.1, 0.15) is 67.1 Å². The number of rotatable bonds is 6. The second-order valence-electron chi connectivity index (χ2n) is 8.89. The summed E-state index contributed by atoms with van der Waals surface area (Å²) in [7, 11) is 0. The Bertz CT molecular complexity index is 668. The topological polar surface area (TPSA) is 248 Å². The van der Waals surface area contributed by atoms with E-state index in [9.17, 15) is 51.1 Å². The summed E-state index contributed by atoms with van der Waals surface area (Å²) in [5.74, 6) is -2.16. The monoisotopic (exact) mass is 502 g/mol. The molecule has 3 saturated heterocycles. The van der Waals surface area contributed by atoms with Crippen molar-refractivity contribution in [3.05, 3.63) is 0 Å². The minimum Gasteiger partial charge on any atom is -0.394 e. The van der Waals surface area contributed by atoms with Crippen LogP contribution in [-0.2, 0) is 23.7 Å². The highest BCUT2D eigenvalue weighted by atomic mass is 16.8. The van der Waals surface area contributed by atoms with Crippen LogP contribution in [0.4, 0.5) is 0 Å². The Morgan fingerprint density at radius 1 is 0.647 bits per heavy atom. The Hall–Kier alpha value is -0.600. The molecule has 3 fully saturated rings. The molecule has 15 nitrogen and oxygen atoms in total. The molecule has 0 radical (unpaired) electrons. The molecule has 3 heterocycles. The van der Waals surface area contributed by atoms with Gasteiger partial charge in [-0.15, -0.1) is 0 Å². The number of hydrogen-bond acceptors (Lipinski definition) is 15. The van der Waals surface area contributed by atoms with E-state index in [1.165, 1.54) is 13.8 Å². The fourth-order valence-corrected chi connectivity index (χ4v) is 4.26. The molecular weight excluding hydrogens is 468 g/mol. The van der Waals surface area contributed by atoms with Crippen molar-refractivity contribution < 1.29 is 74.7 Å². The van der Waals surface area contributed by atoms with Crippen LogP contribution < -0.4 is 0 Å². The predicted molar refractivity (Wildman–Crippen MR) is 104 cm³/mol. The van der Waals surface area contributed by atoms with Crippen molar-refractivity contribution in [2.45, 2.75) is 105 Å². The van der Waals surface area contributed by atoms with E-state index in [0.29, 0.717) is 0 Å². The van der Waals surface area contributed by atoms with Crippen LogP contribution in [0.1, 0.15) is 13.8 Å². The van der Waals surface area contributed by atoms with Gasteiger partial charge in [0.25, 0.3) is 0 Å². The van der Waals surface area contributed by atoms with Gasteiger partial charge in [-0.2, -0.15) is 0 Å². The fraction of sp³-hybridized carbons (Fsp3) is 1.00. The zero-order valence-electron chi connectivity index (χ0n) is 18.5. The van der Waals surface area contributed by atoms with Crippen molar-refractivity contribution in [3.8, 4) is 0 Å². The van der Waals surface area contributed by atoms with Gasteiger partial charge in [0.2, 0.25) is 0 Å². The number of aliphatic hydroxyl groups is 10. The average Bonchev–Trinajstić information content (AvgIpc) is 2.81. The van der Waals surface area contributed by atoms with Crippen LogP contribution in [0.15, 0.2) is 0 Å². The lowest BCUT2D eigenvalue weighted by Gasteiger charge is -2.52. The summed E-state index contributed by atoms with van der Waals surface area (Å²) in [6.45, 7) is 1.05. The van der Waals surface area contributed by atoms with Gasteiger partial charge in [-0.1, -0.05) is 0 Å². The zero-order valence-corrected chi connectivity index (χ0v) is 18.5. The summed E-state index contributed by atoms with van der Waals surface area (Å²) >= 11 is 0. The molecule has 0 aliphatic carbocycles. The maximum Gasteiger partial charge on any atom is 0.198 e. The number of hydrogen-bond donors (Lipinski definition) is 10. The molecule has 0 spiro atoms. The molecule has 0 aromatic heterocycles. The van der Waals surface area contributed by atoms with Gasteiger partial charge in [0.05, 0.1) is 19.3 Å². The standard InChI is InChI=1S/C19H34O15/c1-5-8(22)11(25)14(28)17(30-5)32-16-13(27)10(24)7(4-21)33-19(16,2)34-18-15(29)12(26)9(23)6(3-20)31-18/h5-18,20-29H,3-4H2,1-2H3/t5-,6+,7+,8-,9+,10+,11+,12-,13-,14+,15+,16+,17-,18-,19-/m0/s1. The average molecular weight is 502 g/mol. The Labute approximate surface area is 194 Å². The molecule has 3 aliphatic rings.